The molecule has 2 atom stereocenters. The standard InChI is InChI=1S/C22H27N5O/c1-13-7-15-5-6-24-10-18(15)19(8-13)28-17-4-3-16(9-17)27-11-14(2)20-21(23)25-12-26-22(20)27/h7-8,11-12,16-17,24H,3-6,9-10H2,1-2H3,(H2,23,25,26). The number of anilines is 1. The number of benzene rings is 1. The van der Waals surface area contributed by atoms with Gasteiger partial charge in [0.2, 0.25) is 0 Å². The van der Waals surface area contributed by atoms with Crippen molar-refractivity contribution in [1.29, 1.82) is 0 Å². The van der Waals surface area contributed by atoms with Gasteiger partial charge < -0.3 is 20.4 Å². The second-order valence-corrected chi connectivity index (χ2v) is 8.21. The highest BCUT2D eigenvalue weighted by Crippen LogP contribution is 2.38. The lowest BCUT2D eigenvalue weighted by Gasteiger charge is -2.24. The van der Waals surface area contributed by atoms with Crippen LogP contribution in [0.25, 0.3) is 11.0 Å². The Labute approximate surface area is 165 Å². The van der Waals surface area contributed by atoms with Crippen molar-refractivity contribution in [2.45, 2.75) is 58.2 Å². The van der Waals surface area contributed by atoms with Crippen LogP contribution in [-0.4, -0.2) is 27.2 Å². The third kappa shape index (κ3) is 2.92. The maximum atomic E-state index is 6.54. The molecule has 1 aliphatic carbocycles. The molecule has 5 rings (SSSR count). The Bertz CT molecular complexity index is 1040. The van der Waals surface area contributed by atoms with E-state index in [2.05, 4.69) is 52.0 Å². The van der Waals surface area contributed by atoms with Crippen LogP contribution in [0.1, 0.15) is 47.6 Å². The lowest BCUT2D eigenvalue weighted by atomic mass is 9.97. The number of ether oxygens (including phenoxy) is 1. The molecule has 6 nitrogen and oxygen atoms in total. The molecule has 0 saturated heterocycles. The van der Waals surface area contributed by atoms with Gasteiger partial charge in [-0.25, -0.2) is 9.97 Å². The molecule has 2 unspecified atom stereocenters. The van der Waals surface area contributed by atoms with E-state index in [1.165, 1.54) is 16.7 Å². The van der Waals surface area contributed by atoms with Gasteiger partial charge in [0.1, 0.15) is 29.6 Å². The predicted molar refractivity (Wildman–Crippen MR) is 111 cm³/mol. The summed E-state index contributed by atoms with van der Waals surface area (Å²) < 4.78 is 8.82. The zero-order chi connectivity index (χ0) is 19.3. The van der Waals surface area contributed by atoms with E-state index < -0.39 is 0 Å². The van der Waals surface area contributed by atoms with E-state index in [4.69, 9.17) is 10.5 Å². The van der Waals surface area contributed by atoms with Gasteiger partial charge in [-0.1, -0.05) is 6.07 Å². The molecule has 28 heavy (non-hydrogen) atoms. The van der Waals surface area contributed by atoms with Crippen molar-refractivity contribution >= 4 is 16.9 Å². The van der Waals surface area contributed by atoms with Gasteiger partial charge in [0.05, 0.1) is 5.39 Å². The minimum atomic E-state index is 0.231. The normalized spacial score (nSPS) is 21.8. The van der Waals surface area contributed by atoms with Gasteiger partial charge in [-0.05, 0) is 62.4 Å². The molecule has 6 heteroatoms. The van der Waals surface area contributed by atoms with E-state index in [1.54, 1.807) is 6.33 Å². The van der Waals surface area contributed by atoms with Gasteiger partial charge >= 0.3 is 0 Å². The van der Waals surface area contributed by atoms with Crippen molar-refractivity contribution in [3.05, 3.63) is 46.9 Å². The monoisotopic (exact) mass is 377 g/mol. The van der Waals surface area contributed by atoms with Gasteiger partial charge in [0, 0.05) is 30.8 Å². The largest absolute Gasteiger partial charge is 0.490 e. The fourth-order valence-corrected chi connectivity index (χ4v) is 4.85. The topological polar surface area (TPSA) is 78.0 Å². The quantitative estimate of drug-likeness (QED) is 0.731. The van der Waals surface area contributed by atoms with E-state index in [1.807, 2.05) is 0 Å². The Balaban J connectivity index is 1.39. The number of hydrogen-bond acceptors (Lipinski definition) is 5. The highest BCUT2D eigenvalue weighted by molar-refractivity contribution is 5.89. The molecule has 3 aromatic rings. The van der Waals surface area contributed by atoms with Crippen molar-refractivity contribution < 1.29 is 4.74 Å². The number of hydrogen-bond donors (Lipinski definition) is 2. The number of aromatic nitrogens is 3. The molecule has 0 spiro atoms. The minimum Gasteiger partial charge on any atom is -0.490 e. The van der Waals surface area contributed by atoms with Crippen molar-refractivity contribution in [2.75, 3.05) is 12.3 Å². The van der Waals surface area contributed by atoms with Crippen LogP contribution < -0.4 is 15.8 Å². The molecule has 3 N–H and O–H groups in total. The number of aryl methyl sites for hydroxylation is 2. The van der Waals surface area contributed by atoms with Crippen LogP contribution >= 0.6 is 0 Å². The first-order chi connectivity index (χ1) is 13.6. The summed E-state index contributed by atoms with van der Waals surface area (Å²) in [6.45, 7) is 6.18. The zero-order valence-corrected chi connectivity index (χ0v) is 16.5. The third-order valence-corrected chi connectivity index (χ3v) is 6.19. The first-order valence-corrected chi connectivity index (χ1v) is 10.2. The number of nitrogens with two attached hydrogens (primary N) is 1. The molecule has 1 saturated carbocycles. The van der Waals surface area contributed by atoms with E-state index in [0.717, 1.165) is 61.1 Å². The van der Waals surface area contributed by atoms with Crippen LogP contribution in [0.15, 0.2) is 24.7 Å². The Morgan fingerprint density at radius 3 is 3.00 bits per heavy atom. The number of nitrogens with zero attached hydrogens (tertiary/aromatic N) is 3. The van der Waals surface area contributed by atoms with E-state index in [0.29, 0.717) is 11.9 Å². The number of rotatable bonds is 3. The van der Waals surface area contributed by atoms with Crippen LogP contribution in [0.5, 0.6) is 5.75 Å². The van der Waals surface area contributed by atoms with Crippen molar-refractivity contribution in [1.82, 2.24) is 19.9 Å². The van der Waals surface area contributed by atoms with Crippen LogP contribution in [0.2, 0.25) is 0 Å². The van der Waals surface area contributed by atoms with Crippen molar-refractivity contribution in [2.24, 2.45) is 0 Å². The highest BCUT2D eigenvalue weighted by Gasteiger charge is 2.30. The van der Waals surface area contributed by atoms with Gasteiger partial charge in [-0.2, -0.15) is 0 Å². The summed E-state index contributed by atoms with van der Waals surface area (Å²) >= 11 is 0. The van der Waals surface area contributed by atoms with E-state index in [-0.39, 0.29) is 6.10 Å². The Morgan fingerprint density at radius 1 is 1.21 bits per heavy atom. The molecular formula is C22H27N5O. The van der Waals surface area contributed by atoms with Gasteiger partial charge in [-0.15, -0.1) is 0 Å². The summed E-state index contributed by atoms with van der Waals surface area (Å²) in [4.78, 5) is 8.66. The molecule has 146 valence electrons. The molecular weight excluding hydrogens is 350 g/mol. The molecule has 1 aliphatic heterocycles. The van der Waals surface area contributed by atoms with Crippen LogP contribution in [0, 0.1) is 13.8 Å². The number of nitrogens with one attached hydrogen (secondary N) is 1. The van der Waals surface area contributed by atoms with Crippen molar-refractivity contribution in [3.8, 4) is 5.75 Å². The predicted octanol–water partition coefficient (Wildman–Crippen LogP) is 3.45. The first-order valence-electron chi connectivity index (χ1n) is 10.2. The van der Waals surface area contributed by atoms with Crippen LogP contribution in [0.4, 0.5) is 5.82 Å². The van der Waals surface area contributed by atoms with Crippen LogP contribution in [-0.2, 0) is 13.0 Å². The second-order valence-electron chi connectivity index (χ2n) is 8.21. The Kier molecular flexibility index (Phi) is 4.23. The smallest absolute Gasteiger partial charge is 0.145 e. The molecule has 0 radical (unpaired) electrons. The molecule has 1 fully saturated rings. The Hall–Kier alpha value is -2.60. The zero-order valence-electron chi connectivity index (χ0n) is 16.5. The van der Waals surface area contributed by atoms with E-state index >= 15 is 0 Å². The van der Waals surface area contributed by atoms with Crippen molar-refractivity contribution in [3.63, 3.8) is 0 Å². The fraction of sp³-hybridized carbons (Fsp3) is 0.455. The first kappa shape index (κ1) is 17.5. The fourth-order valence-electron chi connectivity index (χ4n) is 4.85. The average molecular weight is 377 g/mol. The van der Waals surface area contributed by atoms with Gasteiger partial charge in [-0.3, -0.25) is 0 Å². The maximum absolute atomic E-state index is 6.54. The van der Waals surface area contributed by atoms with Gasteiger partial charge in [0.15, 0.2) is 0 Å². The average Bonchev–Trinajstić information content (AvgIpc) is 3.27. The molecule has 0 amide bonds. The summed E-state index contributed by atoms with van der Waals surface area (Å²) in [6, 6.07) is 4.89. The lowest BCUT2D eigenvalue weighted by molar-refractivity contribution is 0.201. The molecule has 2 aromatic heterocycles. The maximum Gasteiger partial charge on any atom is 0.145 e. The second kappa shape index (κ2) is 6.78. The minimum absolute atomic E-state index is 0.231. The number of fused-ring (bicyclic) bond motifs is 2. The number of nitrogen functional groups attached to an aromatic ring is 1. The summed E-state index contributed by atoms with van der Waals surface area (Å²) in [6.07, 6.45) is 8.17. The highest BCUT2D eigenvalue weighted by atomic mass is 16.5. The summed E-state index contributed by atoms with van der Waals surface area (Å²) in [7, 11) is 0. The van der Waals surface area contributed by atoms with Crippen LogP contribution in [0.3, 0.4) is 0 Å². The Morgan fingerprint density at radius 2 is 2.11 bits per heavy atom. The molecule has 2 aliphatic rings. The summed E-state index contributed by atoms with van der Waals surface area (Å²) in [5.74, 6) is 1.62. The molecule has 1 aromatic carbocycles. The molecule has 0 bridgehead atoms. The SMILES string of the molecule is Cc1cc2c(c(OC3CCC(n4cc(C)c5c(N)ncnc54)C3)c1)CNCC2. The summed E-state index contributed by atoms with van der Waals surface area (Å²) in [5.41, 5.74) is 12.2. The van der Waals surface area contributed by atoms with Gasteiger partial charge in [0.25, 0.3) is 0 Å². The lowest BCUT2D eigenvalue weighted by Crippen LogP contribution is -2.25. The van der Waals surface area contributed by atoms with E-state index in [9.17, 15) is 0 Å². The summed E-state index contributed by atoms with van der Waals surface area (Å²) in [5, 5.41) is 4.46. The third-order valence-electron chi connectivity index (χ3n) is 6.19. The molecule has 3 heterocycles.